The third-order valence-electron chi connectivity index (χ3n) is 2.03. The first kappa shape index (κ1) is 9.39. The highest BCUT2D eigenvalue weighted by molar-refractivity contribution is 5.77. The maximum atomic E-state index is 11.7. The number of hydrogen-bond donors (Lipinski definition) is 0. The highest BCUT2D eigenvalue weighted by atomic mass is 16.4. The van der Waals surface area contributed by atoms with Crippen molar-refractivity contribution in [3.8, 4) is 0 Å². The van der Waals surface area contributed by atoms with Crippen LogP contribution in [0.3, 0.4) is 0 Å². The predicted octanol–water partition coefficient (Wildman–Crippen LogP) is -0.854. The van der Waals surface area contributed by atoms with Crippen LogP contribution < -0.4 is 10.7 Å². The van der Waals surface area contributed by atoms with Gasteiger partial charge in [-0.3, -0.25) is 9.36 Å². The van der Waals surface area contributed by atoms with Gasteiger partial charge < -0.3 is 9.90 Å². The van der Waals surface area contributed by atoms with E-state index in [4.69, 9.17) is 0 Å². The largest absolute Gasteiger partial charge is 0.548 e. The van der Waals surface area contributed by atoms with Crippen molar-refractivity contribution in [2.24, 2.45) is 0 Å². The van der Waals surface area contributed by atoms with Crippen LogP contribution in [0.15, 0.2) is 35.4 Å². The molecule has 2 rings (SSSR count). The monoisotopic (exact) mass is 203 g/mol. The smallest absolute Gasteiger partial charge is 0.261 e. The zero-order valence-electron chi connectivity index (χ0n) is 7.71. The summed E-state index contributed by atoms with van der Waals surface area (Å²) in [7, 11) is 0. The molecule has 0 saturated heterocycles. The van der Waals surface area contributed by atoms with Gasteiger partial charge in [-0.25, -0.2) is 4.98 Å². The standard InChI is InChI=1S/C10H8N2O3/c13-9(14)5-12-6-11-8-4-2-1-3-7(8)10(12)15/h1-4,6H,5H2,(H,13,14)/p-1. The minimum atomic E-state index is -1.31. The van der Waals surface area contributed by atoms with E-state index in [1.807, 2.05) is 0 Å². The molecule has 0 aliphatic carbocycles. The average Bonchev–Trinajstić information content (AvgIpc) is 2.22. The molecule has 2 aromatic rings. The summed E-state index contributed by atoms with van der Waals surface area (Å²) >= 11 is 0. The fourth-order valence-corrected chi connectivity index (χ4v) is 1.36. The minimum Gasteiger partial charge on any atom is -0.548 e. The molecule has 76 valence electrons. The van der Waals surface area contributed by atoms with Gasteiger partial charge in [-0.15, -0.1) is 0 Å². The van der Waals surface area contributed by atoms with Crippen molar-refractivity contribution in [2.75, 3.05) is 0 Å². The quantitative estimate of drug-likeness (QED) is 0.636. The lowest BCUT2D eigenvalue weighted by atomic mass is 10.2. The number of nitrogens with zero attached hydrogens (tertiary/aromatic N) is 2. The Kier molecular flexibility index (Phi) is 2.21. The van der Waals surface area contributed by atoms with Crippen LogP contribution in [0.1, 0.15) is 0 Å². The molecule has 0 amide bonds. The molecule has 1 aromatic carbocycles. The van der Waals surface area contributed by atoms with Gasteiger partial charge in [0.15, 0.2) is 0 Å². The number of aromatic nitrogens is 2. The molecule has 1 heterocycles. The molecule has 0 radical (unpaired) electrons. The number of carboxylic acid groups (broad SMARTS) is 1. The molecule has 5 nitrogen and oxygen atoms in total. The van der Waals surface area contributed by atoms with Crippen LogP contribution in [0.2, 0.25) is 0 Å². The van der Waals surface area contributed by atoms with Crippen LogP contribution in [0.25, 0.3) is 10.9 Å². The maximum absolute atomic E-state index is 11.7. The van der Waals surface area contributed by atoms with Crippen LogP contribution in [0.5, 0.6) is 0 Å². The van der Waals surface area contributed by atoms with E-state index in [1.165, 1.54) is 6.33 Å². The van der Waals surface area contributed by atoms with Crippen molar-refractivity contribution < 1.29 is 9.90 Å². The van der Waals surface area contributed by atoms with Crippen molar-refractivity contribution in [3.05, 3.63) is 40.9 Å². The molecule has 0 aliphatic heterocycles. The molecule has 15 heavy (non-hydrogen) atoms. The third-order valence-corrected chi connectivity index (χ3v) is 2.03. The number of aliphatic carboxylic acids is 1. The molecule has 1 aromatic heterocycles. The first-order valence-electron chi connectivity index (χ1n) is 4.32. The molecule has 0 N–H and O–H groups in total. The van der Waals surface area contributed by atoms with Gasteiger partial charge >= 0.3 is 0 Å². The lowest BCUT2D eigenvalue weighted by Crippen LogP contribution is -2.32. The molecule has 0 unspecified atom stereocenters. The zero-order chi connectivity index (χ0) is 10.8. The first-order valence-corrected chi connectivity index (χ1v) is 4.32. The van der Waals surface area contributed by atoms with Gasteiger partial charge in [-0.2, -0.15) is 0 Å². The van der Waals surface area contributed by atoms with Crippen LogP contribution in [-0.2, 0) is 11.3 Å². The van der Waals surface area contributed by atoms with Crippen molar-refractivity contribution in [2.45, 2.75) is 6.54 Å². The Hall–Kier alpha value is -2.17. The van der Waals surface area contributed by atoms with Crippen LogP contribution in [0, 0.1) is 0 Å². The molecule has 0 bridgehead atoms. The molecular formula is C10H7N2O3-. The second kappa shape index (κ2) is 3.53. The van der Waals surface area contributed by atoms with E-state index in [2.05, 4.69) is 4.98 Å². The molecule has 5 heteroatoms. The number of fused-ring (bicyclic) bond motifs is 1. The summed E-state index contributed by atoms with van der Waals surface area (Å²) < 4.78 is 1.01. The lowest BCUT2D eigenvalue weighted by molar-refractivity contribution is -0.306. The Labute approximate surface area is 84.6 Å². The Morgan fingerprint density at radius 1 is 1.40 bits per heavy atom. The summed E-state index contributed by atoms with van der Waals surface area (Å²) in [5, 5.41) is 10.8. The summed E-state index contributed by atoms with van der Waals surface area (Å²) in [4.78, 5) is 26.0. The second-order valence-electron chi connectivity index (χ2n) is 3.07. The molecule has 0 aliphatic rings. The second-order valence-corrected chi connectivity index (χ2v) is 3.07. The molecule has 0 spiro atoms. The Bertz CT molecular complexity index is 574. The minimum absolute atomic E-state index is 0.371. The number of carboxylic acids is 1. The van der Waals surface area contributed by atoms with Gasteiger partial charge in [0.1, 0.15) is 0 Å². The van der Waals surface area contributed by atoms with E-state index in [9.17, 15) is 14.7 Å². The highest BCUT2D eigenvalue weighted by Gasteiger charge is 2.02. The van der Waals surface area contributed by atoms with Gasteiger partial charge in [-0.05, 0) is 12.1 Å². The number of benzene rings is 1. The maximum Gasteiger partial charge on any atom is 0.261 e. The van der Waals surface area contributed by atoms with Crippen molar-refractivity contribution in [1.29, 1.82) is 0 Å². The number of carbonyl (C=O) groups excluding carboxylic acids is 1. The SMILES string of the molecule is O=C([O-])Cn1cnc2ccccc2c1=O. The number of hydrogen-bond acceptors (Lipinski definition) is 4. The van der Waals surface area contributed by atoms with E-state index in [0.29, 0.717) is 10.9 Å². The summed E-state index contributed by atoms with van der Waals surface area (Å²) in [5.74, 6) is -1.31. The van der Waals surface area contributed by atoms with E-state index >= 15 is 0 Å². The van der Waals surface area contributed by atoms with E-state index in [-0.39, 0.29) is 5.56 Å². The number of carbonyl (C=O) groups is 1. The summed E-state index contributed by atoms with van der Waals surface area (Å²) in [6.45, 7) is -0.476. The van der Waals surface area contributed by atoms with E-state index in [1.54, 1.807) is 24.3 Å². The van der Waals surface area contributed by atoms with Gasteiger partial charge in [0, 0.05) is 0 Å². The molecule has 0 saturated carbocycles. The molecule has 0 fully saturated rings. The van der Waals surface area contributed by atoms with Gasteiger partial charge in [0.25, 0.3) is 5.56 Å². The molecule has 0 atom stereocenters. The van der Waals surface area contributed by atoms with E-state index in [0.717, 1.165) is 4.57 Å². The fraction of sp³-hybridized carbons (Fsp3) is 0.100. The predicted molar refractivity (Wildman–Crippen MR) is 51.0 cm³/mol. The Balaban J connectivity index is 2.65. The summed E-state index contributed by atoms with van der Waals surface area (Å²) in [6.07, 6.45) is 1.21. The average molecular weight is 203 g/mol. The van der Waals surface area contributed by atoms with Crippen LogP contribution in [-0.4, -0.2) is 15.5 Å². The normalized spacial score (nSPS) is 10.4. The van der Waals surface area contributed by atoms with Crippen LogP contribution >= 0.6 is 0 Å². The number of para-hydroxylation sites is 1. The van der Waals surface area contributed by atoms with Gasteiger partial charge in [0.05, 0.1) is 29.7 Å². The van der Waals surface area contributed by atoms with Crippen molar-refractivity contribution in [1.82, 2.24) is 9.55 Å². The van der Waals surface area contributed by atoms with Crippen LogP contribution in [0.4, 0.5) is 0 Å². The van der Waals surface area contributed by atoms with Crippen molar-refractivity contribution >= 4 is 16.9 Å². The summed E-state index contributed by atoms with van der Waals surface area (Å²) in [5.41, 5.74) is 0.182. The van der Waals surface area contributed by atoms with Gasteiger partial charge in [-0.1, -0.05) is 12.1 Å². The summed E-state index contributed by atoms with van der Waals surface area (Å²) in [6, 6.07) is 6.77. The third kappa shape index (κ3) is 1.71. The molecular weight excluding hydrogens is 196 g/mol. The first-order chi connectivity index (χ1) is 7.18. The lowest BCUT2D eigenvalue weighted by Gasteiger charge is -2.06. The fourth-order valence-electron chi connectivity index (χ4n) is 1.36. The Morgan fingerprint density at radius 3 is 2.87 bits per heavy atom. The number of rotatable bonds is 2. The van der Waals surface area contributed by atoms with Gasteiger partial charge in [0.2, 0.25) is 0 Å². The zero-order valence-corrected chi connectivity index (χ0v) is 7.71. The topological polar surface area (TPSA) is 75.0 Å². The van der Waals surface area contributed by atoms with E-state index < -0.39 is 12.5 Å². The highest BCUT2D eigenvalue weighted by Crippen LogP contribution is 2.04. The Morgan fingerprint density at radius 2 is 2.13 bits per heavy atom. The van der Waals surface area contributed by atoms with Crippen molar-refractivity contribution in [3.63, 3.8) is 0 Å².